The van der Waals surface area contributed by atoms with Crippen molar-refractivity contribution in [3.05, 3.63) is 59.7 Å². The van der Waals surface area contributed by atoms with Gasteiger partial charge in [0.2, 0.25) is 0 Å². The first-order chi connectivity index (χ1) is 12.0. The molecular weight excluding hydrogens is 327 g/mol. The summed E-state index contributed by atoms with van der Waals surface area (Å²) in [6.07, 6.45) is -1.44. The largest absolute Gasteiger partial charge is 0.487 e. The van der Waals surface area contributed by atoms with Gasteiger partial charge in [0.15, 0.2) is 0 Å². The second-order valence-electron chi connectivity index (χ2n) is 6.08. The van der Waals surface area contributed by atoms with Gasteiger partial charge in [-0.2, -0.15) is 0 Å². The Balaban J connectivity index is 1.67. The molecule has 7 heteroatoms. The molecule has 0 spiro atoms. The van der Waals surface area contributed by atoms with Crippen molar-refractivity contribution in [3.63, 3.8) is 0 Å². The molecule has 132 valence electrons. The molecule has 1 aliphatic rings. The number of nitrogens with zero attached hydrogens (tertiary/aromatic N) is 1. The smallest absolute Gasteiger partial charge is 0.270 e. The maximum atomic E-state index is 13.2. The van der Waals surface area contributed by atoms with Crippen molar-refractivity contribution in [3.8, 4) is 5.75 Å². The highest BCUT2D eigenvalue weighted by molar-refractivity contribution is 5.93. The lowest BCUT2D eigenvalue weighted by atomic mass is 10.1. The first-order valence-electron chi connectivity index (χ1n) is 7.96. The molecule has 4 atom stereocenters. The van der Waals surface area contributed by atoms with Crippen LogP contribution in [0.3, 0.4) is 0 Å². The number of hydrogen-bond acceptors (Lipinski definition) is 5. The molecule has 0 radical (unpaired) electrons. The van der Waals surface area contributed by atoms with Crippen molar-refractivity contribution in [2.75, 3.05) is 0 Å². The number of pyridine rings is 1. The highest BCUT2D eigenvalue weighted by atomic mass is 19.1. The molecule has 1 heterocycles. The van der Waals surface area contributed by atoms with Gasteiger partial charge in [-0.15, -0.1) is 0 Å². The molecule has 3 N–H and O–H groups in total. The monoisotopic (exact) mass is 346 g/mol. The van der Waals surface area contributed by atoms with Crippen LogP contribution in [0.1, 0.15) is 22.5 Å². The number of benzene rings is 1. The highest BCUT2D eigenvalue weighted by Gasteiger charge is 2.44. The lowest BCUT2D eigenvalue weighted by Gasteiger charge is -2.18. The van der Waals surface area contributed by atoms with E-state index < -0.39 is 36.1 Å². The summed E-state index contributed by atoms with van der Waals surface area (Å²) >= 11 is 0. The minimum Gasteiger partial charge on any atom is -0.487 e. The molecule has 1 aliphatic carbocycles. The number of hydrogen-bond donors (Lipinski definition) is 3. The molecule has 1 aromatic carbocycles. The van der Waals surface area contributed by atoms with Crippen LogP contribution in [0.15, 0.2) is 42.6 Å². The van der Waals surface area contributed by atoms with E-state index in [0.717, 1.165) is 0 Å². The first-order valence-corrected chi connectivity index (χ1v) is 7.96. The number of amides is 1. The van der Waals surface area contributed by atoms with E-state index in [4.69, 9.17) is 4.74 Å². The van der Waals surface area contributed by atoms with Crippen molar-refractivity contribution >= 4 is 5.91 Å². The van der Waals surface area contributed by atoms with Gasteiger partial charge in [0.1, 0.15) is 35.6 Å². The summed E-state index contributed by atoms with van der Waals surface area (Å²) < 4.78 is 18.8. The van der Waals surface area contributed by atoms with Crippen LogP contribution in [-0.4, -0.2) is 45.5 Å². The minimum atomic E-state index is -1.20. The zero-order chi connectivity index (χ0) is 18.0. The van der Waals surface area contributed by atoms with Crippen molar-refractivity contribution in [2.45, 2.75) is 37.7 Å². The van der Waals surface area contributed by atoms with Crippen molar-refractivity contribution in [2.24, 2.45) is 0 Å². The van der Waals surface area contributed by atoms with Gasteiger partial charge in [-0.3, -0.25) is 9.78 Å². The Morgan fingerprint density at radius 1 is 1.28 bits per heavy atom. The van der Waals surface area contributed by atoms with Gasteiger partial charge < -0.3 is 20.3 Å². The van der Waals surface area contributed by atoms with E-state index in [0.29, 0.717) is 5.56 Å². The average molecular weight is 346 g/mol. The fraction of sp³-hybridized carbons (Fsp3) is 0.333. The van der Waals surface area contributed by atoms with Gasteiger partial charge in [-0.05, 0) is 30.7 Å². The molecule has 6 nitrogen and oxygen atoms in total. The summed E-state index contributed by atoms with van der Waals surface area (Å²) in [7, 11) is 0. The van der Waals surface area contributed by atoms with Crippen LogP contribution >= 0.6 is 0 Å². The molecule has 2 aromatic rings. The Morgan fingerprint density at radius 3 is 2.80 bits per heavy atom. The van der Waals surface area contributed by atoms with Crippen LogP contribution in [0.5, 0.6) is 5.75 Å². The molecule has 0 unspecified atom stereocenters. The molecule has 1 fully saturated rings. The lowest BCUT2D eigenvalue weighted by molar-refractivity contribution is -0.0135. The minimum absolute atomic E-state index is 0.191. The summed E-state index contributed by atoms with van der Waals surface area (Å²) in [5, 5.41) is 23.0. The van der Waals surface area contributed by atoms with Crippen molar-refractivity contribution in [1.82, 2.24) is 10.3 Å². The van der Waals surface area contributed by atoms with E-state index in [1.54, 1.807) is 25.1 Å². The zero-order valence-corrected chi connectivity index (χ0v) is 13.6. The van der Waals surface area contributed by atoms with E-state index in [1.165, 1.54) is 24.4 Å². The normalized spacial score (nSPS) is 25.6. The van der Waals surface area contributed by atoms with Gasteiger partial charge >= 0.3 is 0 Å². The maximum Gasteiger partial charge on any atom is 0.270 e. The molecule has 0 aliphatic heterocycles. The Hall–Kier alpha value is -2.51. The van der Waals surface area contributed by atoms with Crippen LogP contribution < -0.4 is 10.1 Å². The van der Waals surface area contributed by atoms with Crippen LogP contribution in [0.2, 0.25) is 0 Å². The summed E-state index contributed by atoms with van der Waals surface area (Å²) in [5.74, 6) is -0.634. The Morgan fingerprint density at radius 2 is 2.08 bits per heavy atom. The molecule has 3 rings (SSSR count). The second-order valence-corrected chi connectivity index (χ2v) is 6.08. The number of ether oxygens (including phenoxy) is 1. The standard InChI is InChI=1S/C18H19FN2O4/c1-10-4-3-7-20-15(10)18(24)21-13-9-14(17(23)16(13)22)25-12-6-2-5-11(19)8-12/h2-8,13-14,16-17,22-23H,9H2,1H3,(H,21,24)/t13-,14-,16+,17+/m1/s1. The third-order valence-corrected chi connectivity index (χ3v) is 4.25. The number of carbonyl (C=O) groups is 1. The topological polar surface area (TPSA) is 91.7 Å². The molecule has 0 saturated heterocycles. The van der Waals surface area contributed by atoms with Gasteiger partial charge in [-0.1, -0.05) is 12.1 Å². The van der Waals surface area contributed by atoms with Crippen LogP contribution in [0.25, 0.3) is 0 Å². The average Bonchev–Trinajstić information content (AvgIpc) is 2.83. The predicted molar refractivity (Wildman–Crippen MR) is 87.7 cm³/mol. The molecule has 0 bridgehead atoms. The second kappa shape index (κ2) is 7.16. The molecule has 1 aromatic heterocycles. The van der Waals surface area contributed by atoms with Crippen molar-refractivity contribution in [1.29, 1.82) is 0 Å². The fourth-order valence-electron chi connectivity index (χ4n) is 2.92. The highest BCUT2D eigenvalue weighted by Crippen LogP contribution is 2.26. The number of aliphatic hydroxyl groups is 2. The van der Waals surface area contributed by atoms with E-state index in [-0.39, 0.29) is 17.9 Å². The number of carbonyl (C=O) groups excluding carboxylic acids is 1. The predicted octanol–water partition coefficient (Wildman–Crippen LogP) is 1.20. The zero-order valence-electron chi connectivity index (χ0n) is 13.6. The molecule has 1 amide bonds. The maximum absolute atomic E-state index is 13.2. The van der Waals surface area contributed by atoms with Crippen LogP contribution in [-0.2, 0) is 0 Å². The van der Waals surface area contributed by atoms with Crippen LogP contribution in [0.4, 0.5) is 4.39 Å². The van der Waals surface area contributed by atoms with E-state index in [2.05, 4.69) is 10.3 Å². The van der Waals surface area contributed by atoms with Crippen LogP contribution in [0, 0.1) is 12.7 Å². The summed E-state index contributed by atoms with van der Waals surface area (Å²) in [5.41, 5.74) is 0.972. The number of halogens is 1. The third kappa shape index (κ3) is 3.78. The summed E-state index contributed by atoms with van der Waals surface area (Å²) in [6, 6.07) is 8.33. The summed E-state index contributed by atoms with van der Waals surface area (Å²) in [6.45, 7) is 1.76. The van der Waals surface area contributed by atoms with E-state index >= 15 is 0 Å². The van der Waals surface area contributed by atoms with E-state index in [1.807, 2.05) is 0 Å². The number of aryl methyl sites for hydroxylation is 1. The van der Waals surface area contributed by atoms with E-state index in [9.17, 15) is 19.4 Å². The molecule has 1 saturated carbocycles. The van der Waals surface area contributed by atoms with Crippen molar-refractivity contribution < 1.29 is 24.1 Å². The van der Waals surface area contributed by atoms with Gasteiger partial charge in [0, 0.05) is 18.7 Å². The Labute approximate surface area is 144 Å². The fourth-order valence-corrected chi connectivity index (χ4v) is 2.92. The molecule has 25 heavy (non-hydrogen) atoms. The van der Waals surface area contributed by atoms with Gasteiger partial charge in [0.25, 0.3) is 5.91 Å². The Kier molecular flexibility index (Phi) is 4.96. The Bertz CT molecular complexity index is 770. The first kappa shape index (κ1) is 17.3. The lowest BCUT2D eigenvalue weighted by Crippen LogP contribution is -2.43. The third-order valence-electron chi connectivity index (χ3n) is 4.25. The van der Waals surface area contributed by atoms with Gasteiger partial charge in [-0.25, -0.2) is 4.39 Å². The summed E-state index contributed by atoms with van der Waals surface area (Å²) in [4.78, 5) is 16.4. The number of aliphatic hydroxyl groups excluding tert-OH is 2. The molecular formula is C18H19FN2O4. The number of rotatable bonds is 4. The quantitative estimate of drug-likeness (QED) is 0.774. The number of nitrogens with one attached hydrogen (secondary N) is 1. The van der Waals surface area contributed by atoms with Gasteiger partial charge in [0.05, 0.1) is 6.04 Å². The number of aromatic nitrogens is 1. The SMILES string of the molecule is Cc1cccnc1C(=O)N[C@@H]1C[C@@H](Oc2cccc(F)c2)[C@H](O)[C@H]1O.